The van der Waals surface area contributed by atoms with E-state index in [4.69, 9.17) is 4.74 Å². The molecule has 0 saturated carbocycles. The lowest BCUT2D eigenvalue weighted by Crippen LogP contribution is -2.30. The normalized spacial score (nSPS) is 11.4. The van der Waals surface area contributed by atoms with Crippen LogP contribution in [0.15, 0.2) is 72.9 Å². The topological polar surface area (TPSA) is 76.9 Å². The molecule has 0 saturated heterocycles. The Labute approximate surface area is 204 Å². The highest BCUT2D eigenvalue weighted by molar-refractivity contribution is 6.12. The molecule has 4 aromatic rings. The molecule has 0 unspecified atom stereocenters. The Morgan fingerprint density at radius 3 is 2.31 bits per heavy atom. The molecule has 0 radical (unpaired) electrons. The molecular formula is C27H21F3N2O4. The summed E-state index contributed by atoms with van der Waals surface area (Å²) in [5.74, 6) is -3.67. The molecule has 0 aliphatic carbocycles. The van der Waals surface area contributed by atoms with Crippen molar-refractivity contribution in [2.24, 2.45) is 0 Å². The van der Waals surface area contributed by atoms with Crippen LogP contribution < -0.4 is 5.32 Å². The van der Waals surface area contributed by atoms with Crippen LogP contribution in [0.2, 0.25) is 0 Å². The first-order valence-electron chi connectivity index (χ1n) is 10.9. The number of carbonyl (C=O) groups is 3. The first-order chi connectivity index (χ1) is 17.1. The molecule has 4 rings (SSSR count). The Bertz CT molecular complexity index is 1470. The van der Waals surface area contributed by atoms with Crippen molar-refractivity contribution in [2.75, 3.05) is 5.32 Å². The standard InChI is InChI=1S/C27H21F3N2O4/c1-16-17(2)23(32-13-7-6-10-22(16)32)24(33)19-11-12-21(31-26(35)27(28,29)30)20(14-19)25(34)36-15-18-8-4-3-5-9-18/h3-14H,15H2,1-2H3,(H,31,35). The first-order valence-corrected chi connectivity index (χ1v) is 10.9. The van der Waals surface area contributed by atoms with Gasteiger partial charge in [-0.25, -0.2) is 4.79 Å². The molecule has 0 spiro atoms. The summed E-state index contributed by atoms with van der Waals surface area (Å²) in [4.78, 5) is 38.0. The Kier molecular flexibility index (Phi) is 6.65. The fourth-order valence-electron chi connectivity index (χ4n) is 3.87. The molecule has 1 amide bonds. The van der Waals surface area contributed by atoms with Crippen LogP contribution in [-0.2, 0) is 16.1 Å². The van der Waals surface area contributed by atoms with Crippen LogP contribution in [0.1, 0.15) is 43.1 Å². The lowest BCUT2D eigenvalue weighted by molar-refractivity contribution is -0.167. The Balaban J connectivity index is 1.73. The van der Waals surface area contributed by atoms with Gasteiger partial charge >= 0.3 is 18.1 Å². The Hall–Kier alpha value is -4.40. The molecule has 2 aromatic heterocycles. The van der Waals surface area contributed by atoms with E-state index in [9.17, 15) is 27.6 Å². The van der Waals surface area contributed by atoms with E-state index in [1.807, 2.05) is 19.1 Å². The number of benzene rings is 2. The predicted molar refractivity (Wildman–Crippen MR) is 127 cm³/mol. The number of rotatable bonds is 6. The van der Waals surface area contributed by atoms with Crippen LogP contribution in [0.4, 0.5) is 18.9 Å². The van der Waals surface area contributed by atoms with Gasteiger partial charge in [-0.05, 0) is 60.9 Å². The molecule has 0 aliphatic rings. The fraction of sp³-hybridized carbons (Fsp3) is 0.148. The van der Waals surface area contributed by atoms with E-state index in [0.717, 1.165) is 28.8 Å². The third kappa shape index (κ3) is 4.86. The summed E-state index contributed by atoms with van der Waals surface area (Å²) < 4.78 is 45.6. The molecule has 0 bridgehead atoms. The highest BCUT2D eigenvalue weighted by Crippen LogP contribution is 2.28. The van der Waals surface area contributed by atoms with Crippen LogP contribution in [0.3, 0.4) is 0 Å². The summed E-state index contributed by atoms with van der Waals surface area (Å²) >= 11 is 0. The number of nitrogens with one attached hydrogen (secondary N) is 1. The molecule has 0 fully saturated rings. The summed E-state index contributed by atoms with van der Waals surface area (Å²) in [5, 5.41) is 1.70. The van der Waals surface area contributed by atoms with E-state index >= 15 is 0 Å². The number of ether oxygens (including phenoxy) is 1. The molecule has 2 heterocycles. The second-order valence-electron chi connectivity index (χ2n) is 8.16. The minimum absolute atomic E-state index is 0.0537. The van der Waals surface area contributed by atoms with Gasteiger partial charge < -0.3 is 14.5 Å². The van der Waals surface area contributed by atoms with Crippen LogP contribution >= 0.6 is 0 Å². The molecule has 6 nitrogen and oxygen atoms in total. The zero-order valence-electron chi connectivity index (χ0n) is 19.3. The monoisotopic (exact) mass is 494 g/mol. The zero-order valence-corrected chi connectivity index (χ0v) is 19.3. The second-order valence-corrected chi connectivity index (χ2v) is 8.16. The summed E-state index contributed by atoms with van der Waals surface area (Å²) in [6, 6.07) is 17.6. The van der Waals surface area contributed by atoms with Crippen molar-refractivity contribution < 1.29 is 32.3 Å². The number of halogens is 3. The molecule has 1 N–H and O–H groups in total. The molecule has 0 atom stereocenters. The predicted octanol–water partition coefficient (Wildman–Crippen LogP) is 5.64. The van der Waals surface area contributed by atoms with Gasteiger partial charge in [0.2, 0.25) is 5.78 Å². The Morgan fingerprint density at radius 1 is 0.917 bits per heavy atom. The molecule has 2 aromatic carbocycles. The molecular weight excluding hydrogens is 473 g/mol. The van der Waals surface area contributed by atoms with Gasteiger partial charge in [-0.3, -0.25) is 9.59 Å². The van der Waals surface area contributed by atoms with Crippen LogP contribution in [0, 0.1) is 13.8 Å². The number of alkyl halides is 3. The summed E-state index contributed by atoms with van der Waals surface area (Å²) in [5.41, 5.74) is 2.74. The number of pyridine rings is 1. The van der Waals surface area contributed by atoms with Crippen molar-refractivity contribution in [3.8, 4) is 0 Å². The molecule has 184 valence electrons. The smallest absolute Gasteiger partial charge is 0.457 e. The van der Waals surface area contributed by atoms with Gasteiger partial charge in [0.1, 0.15) is 6.61 Å². The van der Waals surface area contributed by atoms with Gasteiger partial charge in [0.05, 0.1) is 16.9 Å². The van der Waals surface area contributed by atoms with Gasteiger partial charge in [0.15, 0.2) is 0 Å². The number of amides is 1. The van der Waals surface area contributed by atoms with Crippen molar-refractivity contribution in [1.82, 2.24) is 4.40 Å². The number of aryl methyl sites for hydroxylation is 1. The summed E-state index contributed by atoms with van der Waals surface area (Å²) in [6.45, 7) is 3.53. The maximum absolute atomic E-state index is 13.5. The van der Waals surface area contributed by atoms with Gasteiger partial charge in [0.25, 0.3) is 0 Å². The third-order valence-electron chi connectivity index (χ3n) is 5.84. The van der Waals surface area contributed by atoms with E-state index < -0.39 is 29.5 Å². The van der Waals surface area contributed by atoms with Gasteiger partial charge in [-0.2, -0.15) is 13.2 Å². The first kappa shape index (κ1) is 24.7. The van der Waals surface area contributed by atoms with Gasteiger partial charge in [-0.1, -0.05) is 36.4 Å². The number of carbonyl (C=O) groups excluding carboxylic acids is 3. The van der Waals surface area contributed by atoms with E-state index in [2.05, 4.69) is 0 Å². The van der Waals surface area contributed by atoms with Crippen LogP contribution in [0.5, 0.6) is 0 Å². The third-order valence-corrected chi connectivity index (χ3v) is 5.84. The average molecular weight is 494 g/mol. The number of anilines is 1. The lowest BCUT2D eigenvalue weighted by Gasteiger charge is -2.14. The van der Waals surface area contributed by atoms with E-state index in [1.54, 1.807) is 59.2 Å². The number of hydrogen-bond acceptors (Lipinski definition) is 4. The minimum atomic E-state index is -5.17. The lowest BCUT2D eigenvalue weighted by atomic mass is 10.0. The Morgan fingerprint density at radius 2 is 1.61 bits per heavy atom. The second kappa shape index (κ2) is 9.69. The van der Waals surface area contributed by atoms with Crippen molar-refractivity contribution >= 4 is 28.9 Å². The quantitative estimate of drug-likeness (QED) is 0.278. The summed E-state index contributed by atoms with van der Waals surface area (Å²) in [6.07, 6.45) is -3.44. The van der Waals surface area contributed by atoms with Crippen molar-refractivity contribution in [3.63, 3.8) is 0 Å². The summed E-state index contributed by atoms with van der Waals surface area (Å²) in [7, 11) is 0. The van der Waals surface area contributed by atoms with Crippen LogP contribution in [0.25, 0.3) is 5.52 Å². The largest absolute Gasteiger partial charge is 0.471 e. The fourth-order valence-corrected chi connectivity index (χ4v) is 3.87. The SMILES string of the molecule is Cc1c(C)c2ccccn2c1C(=O)c1ccc(NC(=O)C(F)(F)F)c(C(=O)OCc2ccccc2)c1. The minimum Gasteiger partial charge on any atom is -0.457 e. The highest BCUT2D eigenvalue weighted by atomic mass is 19.4. The van der Waals surface area contributed by atoms with Crippen LogP contribution in [-0.4, -0.2) is 28.2 Å². The maximum atomic E-state index is 13.5. The van der Waals surface area contributed by atoms with Crippen molar-refractivity contribution in [3.05, 3.63) is 106 Å². The van der Waals surface area contributed by atoms with E-state index in [-0.39, 0.29) is 17.7 Å². The number of esters is 1. The number of nitrogens with zero attached hydrogens (tertiary/aromatic N) is 1. The molecule has 9 heteroatoms. The molecule has 36 heavy (non-hydrogen) atoms. The van der Waals surface area contributed by atoms with E-state index in [0.29, 0.717) is 11.3 Å². The number of ketones is 1. The highest BCUT2D eigenvalue weighted by Gasteiger charge is 2.39. The van der Waals surface area contributed by atoms with Gasteiger partial charge in [0, 0.05) is 17.3 Å². The number of fused-ring (bicyclic) bond motifs is 1. The molecule has 0 aliphatic heterocycles. The number of aromatic nitrogens is 1. The van der Waals surface area contributed by atoms with E-state index in [1.165, 1.54) is 6.07 Å². The van der Waals surface area contributed by atoms with Crippen molar-refractivity contribution in [1.29, 1.82) is 0 Å². The maximum Gasteiger partial charge on any atom is 0.471 e. The number of hydrogen-bond donors (Lipinski definition) is 1. The average Bonchev–Trinajstić information content (AvgIpc) is 3.12. The van der Waals surface area contributed by atoms with Crippen molar-refractivity contribution in [2.45, 2.75) is 26.6 Å². The van der Waals surface area contributed by atoms with Gasteiger partial charge in [-0.15, -0.1) is 0 Å². The zero-order chi connectivity index (χ0) is 26.0.